The van der Waals surface area contributed by atoms with E-state index in [-0.39, 0.29) is 5.82 Å². The molecule has 0 unspecified atom stereocenters. The van der Waals surface area contributed by atoms with Crippen molar-refractivity contribution >= 4 is 0 Å². The molecular weight excluding hydrogens is 313 g/mol. The van der Waals surface area contributed by atoms with E-state index in [0.29, 0.717) is 0 Å². The summed E-state index contributed by atoms with van der Waals surface area (Å²) in [6.45, 7) is 2.06. The number of halogens is 1. The topological polar surface area (TPSA) is 41.6 Å². The molecule has 0 saturated heterocycles. The highest BCUT2D eigenvalue weighted by atomic mass is 19.1. The second kappa shape index (κ2) is 6.32. The van der Waals surface area contributed by atoms with E-state index in [1.54, 1.807) is 24.5 Å². The van der Waals surface area contributed by atoms with E-state index in [1.807, 2.05) is 30.3 Å². The number of hydrogen-bond acceptors (Lipinski definition) is 2. The van der Waals surface area contributed by atoms with Gasteiger partial charge in [0.2, 0.25) is 0 Å². The van der Waals surface area contributed by atoms with Crippen molar-refractivity contribution in [3.05, 3.63) is 84.4 Å². The fraction of sp³-hybridized carbons (Fsp3) is 0.0476. The summed E-state index contributed by atoms with van der Waals surface area (Å²) in [4.78, 5) is 12.3. The Kier molecular flexibility index (Phi) is 3.86. The van der Waals surface area contributed by atoms with Gasteiger partial charge in [-0.05, 0) is 48.9 Å². The van der Waals surface area contributed by atoms with E-state index in [1.165, 1.54) is 12.1 Å². The Balaban J connectivity index is 1.92. The molecule has 4 rings (SSSR count). The van der Waals surface area contributed by atoms with Gasteiger partial charge in [-0.25, -0.2) is 9.37 Å². The Morgan fingerprint density at radius 2 is 1.56 bits per heavy atom. The average molecular weight is 329 g/mol. The number of benzene rings is 2. The van der Waals surface area contributed by atoms with Crippen LogP contribution in [-0.2, 0) is 0 Å². The molecule has 1 N–H and O–H groups in total. The third-order valence-electron chi connectivity index (χ3n) is 4.19. The lowest BCUT2D eigenvalue weighted by Crippen LogP contribution is -1.85. The molecule has 0 saturated carbocycles. The van der Waals surface area contributed by atoms with Crippen LogP contribution in [0.25, 0.3) is 33.9 Å². The molecule has 0 fully saturated rings. The first-order valence-electron chi connectivity index (χ1n) is 8.05. The molecule has 122 valence electrons. The maximum Gasteiger partial charge on any atom is 0.138 e. The first-order chi connectivity index (χ1) is 12.2. The van der Waals surface area contributed by atoms with Gasteiger partial charge < -0.3 is 4.98 Å². The zero-order chi connectivity index (χ0) is 17.2. The summed E-state index contributed by atoms with van der Waals surface area (Å²) in [5.41, 5.74) is 5.73. The summed E-state index contributed by atoms with van der Waals surface area (Å²) in [5.74, 6) is 0.535. The monoisotopic (exact) mass is 329 g/mol. The van der Waals surface area contributed by atoms with Crippen LogP contribution in [0.15, 0.2) is 73.1 Å². The van der Waals surface area contributed by atoms with Gasteiger partial charge in [-0.1, -0.05) is 24.3 Å². The summed E-state index contributed by atoms with van der Waals surface area (Å²) in [6, 6.07) is 18.4. The van der Waals surface area contributed by atoms with Gasteiger partial charge in [0.05, 0.1) is 11.4 Å². The van der Waals surface area contributed by atoms with Gasteiger partial charge in [0.25, 0.3) is 0 Å². The number of rotatable bonds is 3. The molecule has 0 bridgehead atoms. The molecular formula is C21H16FN3. The number of nitrogens with one attached hydrogen (secondary N) is 1. The summed E-state index contributed by atoms with van der Waals surface area (Å²) in [6.07, 6.45) is 3.50. The number of aryl methyl sites for hydroxylation is 1. The van der Waals surface area contributed by atoms with Crippen LogP contribution in [0.4, 0.5) is 4.39 Å². The third kappa shape index (κ3) is 2.94. The summed E-state index contributed by atoms with van der Waals surface area (Å²) in [7, 11) is 0. The SMILES string of the molecule is Cc1ccccc1-c1nc(-c2ccc(F)cc2)c(-c2ccncc2)[nH]1. The average Bonchev–Trinajstić information content (AvgIpc) is 3.08. The molecule has 0 atom stereocenters. The first-order valence-corrected chi connectivity index (χ1v) is 8.05. The molecule has 0 aliphatic carbocycles. The molecule has 0 radical (unpaired) electrons. The highest BCUT2D eigenvalue weighted by molar-refractivity contribution is 5.81. The van der Waals surface area contributed by atoms with E-state index in [4.69, 9.17) is 4.98 Å². The van der Waals surface area contributed by atoms with E-state index in [0.717, 1.165) is 39.5 Å². The molecule has 3 nitrogen and oxygen atoms in total. The van der Waals surface area contributed by atoms with Crippen molar-refractivity contribution < 1.29 is 4.39 Å². The van der Waals surface area contributed by atoms with Crippen LogP contribution >= 0.6 is 0 Å². The van der Waals surface area contributed by atoms with Crippen LogP contribution in [0, 0.1) is 12.7 Å². The zero-order valence-electron chi connectivity index (χ0n) is 13.7. The third-order valence-corrected chi connectivity index (χ3v) is 4.19. The summed E-state index contributed by atoms with van der Waals surface area (Å²) in [5, 5.41) is 0. The van der Waals surface area contributed by atoms with E-state index >= 15 is 0 Å². The molecule has 4 aromatic rings. The smallest absolute Gasteiger partial charge is 0.138 e. The van der Waals surface area contributed by atoms with Gasteiger partial charge in [0.15, 0.2) is 0 Å². The minimum Gasteiger partial charge on any atom is -0.337 e. The van der Waals surface area contributed by atoms with Crippen molar-refractivity contribution in [2.75, 3.05) is 0 Å². The van der Waals surface area contributed by atoms with Crippen LogP contribution < -0.4 is 0 Å². The van der Waals surface area contributed by atoms with Crippen LogP contribution in [-0.4, -0.2) is 15.0 Å². The van der Waals surface area contributed by atoms with Crippen LogP contribution in [0.2, 0.25) is 0 Å². The molecule has 25 heavy (non-hydrogen) atoms. The van der Waals surface area contributed by atoms with E-state index in [2.05, 4.69) is 23.0 Å². The Bertz CT molecular complexity index is 1010. The predicted molar refractivity (Wildman–Crippen MR) is 97.4 cm³/mol. The molecule has 2 aromatic heterocycles. The second-order valence-electron chi connectivity index (χ2n) is 5.87. The minimum atomic E-state index is -0.260. The number of pyridine rings is 1. The van der Waals surface area contributed by atoms with E-state index in [9.17, 15) is 4.39 Å². The Morgan fingerprint density at radius 3 is 2.28 bits per heavy atom. The predicted octanol–water partition coefficient (Wildman–Crippen LogP) is 5.25. The van der Waals surface area contributed by atoms with Crippen molar-refractivity contribution in [1.82, 2.24) is 15.0 Å². The van der Waals surface area contributed by atoms with Crippen molar-refractivity contribution in [3.63, 3.8) is 0 Å². The Hall–Kier alpha value is -3.27. The number of hydrogen-bond donors (Lipinski definition) is 1. The van der Waals surface area contributed by atoms with Gasteiger partial charge in [-0.15, -0.1) is 0 Å². The van der Waals surface area contributed by atoms with Crippen molar-refractivity contribution in [1.29, 1.82) is 0 Å². The highest BCUT2D eigenvalue weighted by Gasteiger charge is 2.16. The second-order valence-corrected chi connectivity index (χ2v) is 5.87. The largest absolute Gasteiger partial charge is 0.337 e. The van der Waals surface area contributed by atoms with Crippen LogP contribution in [0.5, 0.6) is 0 Å². The van der Waals surface area contributed by atoms with Gasteiger partial charge in [0, 0.05) is 29.1 Å². The van der Waals surface area contributed by atoms with E-state index < -0.39 is 0 Å². The standard InChI is InChI=1S/C21H16FN3/c1-14-4-2-3-5-18(14)21-24-19(15-6-8-17(22)9-7-15)20(25-21)16-10-12-23-13-11-16/h2-13H,1H3,(H,24,25). The Labute approximate surface area is 145 Å². The fourth-order valence-electron chi connectivity index (χ4n) is 2.88. The molecule has 0 aliphatic heterocycles. The van der Waals surface area contributed by atoms with Crippen LogP contribution in [0.1, 0.15) is 5.56 Å². The quantitative estimate of drug-likeness (QED) is 0.557. The lowest BCUT2D eigenvalue weighted by atomic mass is 10.1. The number of H-pyrrole nitrogens is 1. The maximum absolute atomic E-state index is 13.3. The lowest BCUT2D eigenvalue weighted by Gasteiger charge is -2.02. The zero-order valence-corrected chi connectivity index (χ0v) is 13.7. The number of imidazole rings is 1. The van der Waals surface area contributed by atoms with Gasteiger partial charge in [0.1, 0.15) is 11.6 Å². The maximum atomic E-state index is 13.3. The minimum absolute atomic E-state index is 0.260. The van der Waals surface area contributed by atoms with Crippen molar-refractivity contribution in [2.24, 2.45) is 0 Å². The van der Waals surface area contributed by atoms with Crippen LogP contribution in [0.3, 0.4) is 0 Å². The number of aromatic nitrogens is 3. The lowest BCUT2D eigenvalue weighted by molar-refractivity contribution is 0.628. The molecule has 0 aliphatic rings. The highest BCUT2D eigenvalue weighted by Crippen LogP contribution is 2.33. The van der Waals surface area contributed by atoms with Crippen molar-refractivity contribution in [2.45, 2.75) is 6.92 Å². The summed E-state index contributed by atoms with van der Waals surface area (Å²) < 4.78 is 13.3. The number of aromatic amines is 1. The molecule has 2 aromatic carbocycles. The fourth-order valence-corrected chi connectivity index (χ4v) is 2.88. The normalized spacial score (nSPS) is 10.8. The van der Waals surface area contributed by atoms with Gasteiger partial charge >= 0.3 is 0 Å². The van der Waals surface area contributed by atoms with Gasteiger partial charge in [-0.2, -0.15) is 0 Å². The Morgan fingerprint density at radius 1 is 0.840 bits per heavy atom. The molecule has 4 heteroatoms. The van der Waals surface area contributed by atoms with Crippen molar-refractivity contribution in [3.8, 4) is 33.9 Å². The first kappa shape index (κ1) is 15.3. The number of nitrogens with zero attached hydrogens (tertiary/aromatic N) is 2. The van der Waals surface area contributed by atoms with Gasteiger partial charge in [-0.3, -0.25) is 4.98 Å². The molecule has 2 heterocycles. The summed E-state index contributed by atoms with van der Waals surface area (Å²) >= 11 is 0. The molecule has 0 spiro atoms. The molecule has 0 amide bonds.